The first-order valence-corrected chi connectivity index (χ1v) is 11.4. The Morgan fingerprint density at radius 3 is 2.50 bits per heavy atom. The highest BCUT2D eigenvalue weighted by Gasteiger charge is 2.72. The molecule has 4 fully saturated rings. The molecule has 0 radical (unpaired) electrons. The highest BCUT2D eigenvalue weighted by atomic mass is 79.9. The molecule has 6 unspecified atom stereocenters. The minimum atomic E-state index is -0.826. The molecule has 2 bridgehead atoms. The quantitative estimate of drug-likeness (QED) is 0.311. The molecule has 10 heteroatoms. The lowest BCUT2D eigenvalue weighted by Gasteiger charge is -2.37. The lowest BCUT2D eigenvalue weighted by molar-refractivity contribution is -0.665. The molecule has 0 aromatic rings. The fourth-order valence-electron chi connectivity index (χ4n) is 4.96. The van der Waals surface area contributed by atoms with Crippen molar-refractivity contribution in [3.63, 3.8) is 0 Å². The van der Waals surface area contributed by atoms with Crippen molar-refractivity contribution in [2.75, 3.05) is 13.1 Å². The minimum absolute atomic E-state index is 0.264. The highest BCUT2D eigenvalue weighted by molar-refractivity contribution is 9.25. The van der Waals surface area contributed by atoms with Crippen LogP contribution < -0.4 is 5.32 Å². The van der Waals surface area contributed by atoms with Crippen LogP contribution in [0.3, 0.4) is 0 Å². The molecule has 4 saturated heterocycles. The molecule has 28 heavy (non-hydrogen) atoms. The Morgan fingerprint density at radius 2 is 1.86 bits per heavy atom. The molecule has 2 N–H and O–H groups in total. The van der Waals surface area contributed by atoms with Crippen molar-refractivity contribution < 1.29 is 38.6 Å². The second kappa shape index (κ2) is 7.52. The van der Waals surface area contributed by atoms with Crippen LogP contribution in [0.5, 0.6) is 0 Å². The van der Waals surface area contributed by atoms with Crippen LogP contribution in [0.2, 0.25) is 0 Å². The van der Waals surface area contributed by atoms with Crippen molar-refractivity contribution in [3.8, 4) is 0 Å². The lowest BCUT2D eigenvalue weighted by atomic mass is 9.78. The van der Waals surface area contributed by atoms with Crippen LogP contribution in [0, 0.1) is 17.8 Å². The zero-order chi connectivity index (χ0) is 20.2. The predicted octanol–water partition coefficient (Wildman–Crippen LogP) is 0.248. The molecular formula is C18H24Br2NO7+. The maximum atomic E-state index is 13.1. The highest BCUT2D eigenvalue weighted by Crippen LogP contribution is 2.52. The number of hydrogen-bond donors (Lipinski definition) is 1. The smallest absolute Gasteiger partial charge is 0.331 e. The first-order chi connectivity index (χ1) is 13.2. The molecule has 0 aliphatic carbocycles. The summed E-state index contributed by atoms with van der Waals surface area (Å²) in [5.74, 6) is -2.79. The number of piperidine rings is 1. The molecule has 8 nitrogen and oxygen atoms in total. The number of esters is 3. The van der Waals surface area contributed by atoms with Gasteiger partial charge in [0.25, 0.3) is 0 Å². The average Bonchev–Trinajstić information content (AvgIpc) is 3.25. The molecule has 4 aliphatic heterocycles. The summed E-state index contributed by atoms with van der Waals surface area (Å²) in [5.41, 5.74) is -0.641. The van der Waals surface area contributed by atoms with Crippen molar-refractivity contribution in [2.45, 2.75) is 60.4 Å². The van der Waals surface area contributed by atoms with Crippen LogP contribution in [0.25, 0.3) is 0 Å². The fourth-order valence-corrected chi connectivity index (χ4v) is 5.17. The van der Waals surface area contributed by atoms with E-state index >= 15 is 0 Å². The largest absolute Gasteiger partial charge is 0.459 e. The number of hydrogen-bond acceptors (Lipinski definition) is 7. The molecule has 4 heterocycles. The molecule has 6 atom stereocenters. The number of quaternary nitrogens is 1. The Bertz CT molecular complexity index is 679. The standard InChI is InChI=1S/C18H23Br2NO7/c1-18(2,7-3-5-21-6-4-7)28-16(23)9-8-10-12(26-15(8)22)13(11(9)25-10)27-17(24)14(19)20/h7-14,21H,3-6H2,1-2H3/p+1. The van der Waals surface area contributed by atoms with Crippen LogP contribution in [0.15, 0.2) is 0 Å². The third kappa shape index (κ3) is 3.40. The zero-order valence-electron chi connectivity index (χ0n) is 15.6. The molecule has 0 saturated carbocycles. The van der Waals surface area contributed by atoms with Crippen molar-refractivity contribution in [1.82, 2.24) is 0 Å². The van der Waals surface area contributed by atoms with Crippen molar-refractivity contribution in [2.24, 2.45) is 17.8 Å². The van der Waals surface area contributed by atoms with Gasteiger partial charge in [-0.3, -0.25) is 9.59 Å². The number of nitrogens with two attached hydrogens (primary N) is 1. The maximum Gasteiger partial charge on any atom is 0.331 e. The Labute approximate surface area is 179 Å². The van der Waals surface area contributed by atoms with Gasteiger partial charge in [-0.25, -0.2) is 4.79 Å². The van der Waals surface area contributed by atoms with E-state index in [0.29, 0.717) is 0 Å². The SMILES string of the molecule is CC(C)(OC(=O)C1C2OC3C(OC(=O)C31)C2OC(=O)C(Br)Br)C1CC[NH2+]CC1. The van der Waals surface area contributed by atoms with Gasteiger partial charge in [0.2, 0.25) is 0 Å². The van der Waals surface area contributed by atoms with Gasteiger partial charge >= 0.3 is 17.9 Å². The Kier molecular flexibility index (Phi) is 5.52. The van der Waals surface area contributed by atoms with E-state index in [-0.39, 0.29) is 5.92 Å². The van der Waals surface area contributed by atoms with Crippen LogP contribution >= 0.6 is 31.9 Å². The summed E-state index contributed by atoms with van der Waals surface area (Å²) in [7, 11) is 0. The maximum absolute atomic E-state index is 13.1. The first-order valence-electron chi connectivity index (χ1n) is 9.60. The number of fused-ring (bicyclic) bond motifs is 1. The third-order valence-corrected chi connectivity index (χ3v) is 7.14. The normalized spacial score (nSPS) is 37.2. The monoisotopic (exact) mass is 524 g/mol. The Morgan fingerprint density at radius 1 is 1.18 bits per heavy atom. The van der Waals surface area contributed by atoms with Gasteiger partial charge in [0.1, 0.15) is 29.6 Å². The third-order valence-electron chi connectivity index (χ3n) is 6.39. The summed E-state index contributed by atoms with van der Waals surface area (Å²) >= 11 is 6.18. The summed E-state index contributed by atoms with van der Waals surface area (Å²) in [6.45, 7) is 5.86. The van der Waals surface area contributed by atoms with E-state index < -0.39 is 63.5 Å². The minimum Gasteiger partial charge on any atom is -0.459 e. The summed E-state index contributed by atoms with van der Waals surface area (Å²) in [5, 5.41) is 2.26. The topological polar surface area (TPSA) is 105 Å². The van der Waals surface area contributed by atoms with E-state index in [2.05, 4.69) is 37.2 Å². The van der Waals surface area contributed by atoms with Crippen LogP contribution in [-0.4, -0.2) is 64.8 Å². The van der Waals surface area contributed by atoms with E-state index in [9.17, 15) is 14.4 Å². The van der Waals surface area contributed by atoms with Gasteiger partial charge in [-0.15, -0.1) is 0 Å². The molecule has 0 amide bonds. The van der Waals surface area contributed by atoms with E-state index in [4.69, 9.17) is 18.9 Å². The van der Waals surface area contributed by atoms with Gasteiger partial charge < -0.3 is 24.3 Å². The van der Waals surface area contributed by atoms with Crippen molar-refractivity contribution in [3.05, 3.63) is 0 Å². The number of halogens is 2. The number of carbonyl (C=O) groups is 3. The van der Waals surface area contributed by atoms with Gasteiger partial charge in [0.05, 0.1) is 13.1 Å². The number of ether oxygens (including phenoxy) is 4. The summed E-state index contributed by atoms with van der Waals surface area (Å²) in [4.78, 5) is 37.5. The zero-order valence-corrected chi connectivity index (χ0v) is 18.8. The van der Waals surface area contributed by atoms with Crippen LogP contribution in [-0.2, 0) is 33.3 Å². The average molecular weight is 526 g/mol. The second-order valence-electron chi connectivity index (χ2n) is 8.39. The fraction of sp³-hybridized carbons (Fsp3) is 0.833. The van der Waals surface area contributed by atoms with Gasteiger partial charge in [0, 0.05) is 18.8 Å². The Balaban J connectivity index is 1.51. The number of rotatable bonds is 5. The van der Waals surface area contributed by atoms with Gasteiger partial charge in [-0.1, -0.05) is 31.9 Å². The summed E-state index contributed by atoms with van der Waals surface area (Å²) in [6.07, 6.45) is -0.862. The molecule has 0 aromatic heterocycles. The predicted molar refractivity (Wildman–Crippen MR) is 102 cm³/mol. The van der Waals surface area contributed by atoms with Gasteiger partial charge in [0.15, 0.2) is 15.9 Å². The summed E-state index contributed by atoms with van der Waals surface area (Å²) in [6, 6.07) is 0. The van der Waals surface area contributed by atoms with Gasteiger partial charge in [-0.2, -0.15) is 0 Å². The van der Waals surface area contributed by atoms with E-state index in [1.807, 2.05) is 13.8 Å². The van der Waals surface area contributed by atoms with Crippen LogP contribution in [0.1, 0.15) is 26.7 Å². The molecule has 4 aliphatic rings. The van der Waals surface area contributed by atoms with Crippen molar-refractivity contribution >= 4 is 49.8 Å². The number of carbonyl (C=O) groups excluding carboxylic acids is 3. The molecule has 156 valence electrons. The van der Waals surface area contributed by atoms with E-state index in [1.165, 1.54) is 0 Å². The van der Waals surface area contributed by atoms with E-state index in [1.54, 1.807) is 0 Å². The van der Waals surface area contributed by atoms with E-state index in [0.717, 1.165) is 25.9 Å². The molecule has 0 spiro atoms. The number of alkyl halides is 2. The molecular weight excluding hydrogens is 502 g/mol. The lowest BCUT2D eigenvalue weighted by Crippen LogP contribution is -2.86. The first kappa shape index (κ1) is 20.6. The second-order valence-corrected chi connectivity index (χ2v) is 11.4. The summed E-state index contributed by atoms with van der Waals surface area (Å²) < 4.78 is 21.9. The molecule has 4 rings (SSSR count). The Hall–Kier alpha value is -0.710. The van der Waals surface area contributed by atoms with Crippen molar-refractivity contribution in [1.29, 1.82) is 0 Å². The van der Waals surface area contributed by atoms with Crippen LogP contribution in [0.4, 0.5) is 0 Å². The van der Waals surface area contributed by atoms with Gasteiger partial charge in [-0.05, 0) is 13.8 Å². The molecule has 0 aromatic carbocycles.